The molecule has 0 spiro atoms. The van der Waals surface area contributed by atoms with Crippen molar-refractivity contribution in [1.29, 1.82) is 0 Å². The Balaban J connectivity index is 2.16. The van der Waals surface area contributed by atoms with Gasteiger partial charge in [0.05, 0.1) is 25.3 Å². The van der Waals surface area contributed by atoms with Gasteiger partial charge in [0.2, 0.25) is 0 Å². The molecule has 1 aliphatic rings. The lowest BCUT2D eigenvalue weighted by Crippen LogP contribution is -2.34. The van der Waals surface area contributed by atoms with Gasteiger partial charge in [0.1, 0.15) is 12.3 Å². The Morgan fingerprint density at radius 2 is 1.66 bits per heavy atom. The Kier molecular flexibility index (Phi) is 9.20. The van der Waals surface area contributed by atoms with Crippen LogP contribution in [0.4, 0.5) is 4.79 Å². The van der Waals surface area contributed by atoms with Gasteiger partial charge in [0.25, 0.3) is 11.1 Å². The number of hydrogen-bond donors (Lipinski definition) is 0. The average Bonchev–Trinajstić information content (AvgIpc) is 2.89. The maximum absolute atomic E-state index is 12.5. The van der Waals surface area contributed by atoms with Crippen molar-refractivity contribution in [3.05, 3.63) is 29.7 Å². The lowest BCUT2D eigenvalue weighted by atomic mass is 10.2. The summed E-state index contributed by atoms with van der Waals surface area (Å²) in [6.45, 7) is 3.20. The molecule has 0 aliphatic carbocycles. The van der Waals surface area contributed by atoms with Gasteiger partial charge in [-0.1, -0.05) is 0 Å². The zero-order chi connectivity index (χ0) is 21.6. The maximum atomic E-state index is 12.5. The number of halogens is 2. The van der Waals surface area contributed by atoms with Crippen LogP contribution in [0.15, 0.2) is 17.0 Å². The minimum absolute atomic E-state index is 0.173. The molecule has 2 rings (SSSR count). The number of nitrogens with zero attached hydrogens (tertiary/aromatic N) is 1. The average molecular weight is 645 g/mol. The Morgan fingerprint density at radius 1 is 1.07 bits per heavy atom. The van der Waals surface area contributed by atoms with Crippen LogP contribution in [0.25, 0.3) is 6.08 Å². The highest BCUT2D eigenvalue weighted by atomic mass is 127. The summed E-state index contributed by atoms with van der Waals surface area (Å²) in [6.07, 6.45) is 1.58. The van der Waals surface area contributed by atoms with E-state index in [1.54, 1.807) is 32.1 Å². The normalized spacial score (nSPS) is 15.0. The summed E-state index contributed by atoms with van der Waals surface area (Å²) in [5, 5.41) is -0.520. The second kappa shape index (κ2) is 11.2. The van der Waals surface area contributed by atoms with E-state index in [4.69, 9.17) is 14.2 Å². The van der Waals surface area contributed by atoms with Crippen LogP contribution in [-0.4, -0.2) is 54.4 Å². The number of benzene rings is 1. The summed E-state index contributed by atoms with van der Waals surface area (Å²) in [6, 6.07) is 3.53. The third-order valence-corrected chi connectivity index (χ3v) is 5.93. The molecule has 0 atom stereocenters. The summed E-state index contributed by atoms with van der Waals surface area (Å²) in [7, 11) is 0. The molecule has 1 saturated heterocycles. The fourth-order valence-electron chi connectivity index (χ4n) is 2.26. The number of ether oxygens (including phenoxy) is 3. The van der Waals surface area contributed by atoms with Gasteiger partial charge >= 0.3 is 11.9 Å². The predicted octanol–water partition coefficient (Wildman–Crippen LogP) is 3.44. The molecule has 1 aromatic rings. The molecule has 1 aliphatic heterocycles. The van der Waals surface area contributed by atoms with Crippen molar-refractivity contribution in [1.82, 2.24) is 4.90 Å². The molecule has 0 bridgehead atoms. The molecule has 156 valence electrons. The zero-order valence-corrected chi connectivity index (χ0v) is 20.7. The predicted molar refractivity (Wildman–Crippen MR) is 123 cm³/mol. The summed E-state index contributed by atoms with van der Waals surface area (Å²) in [5.74, 6) is -1.10. The van der Waals surface area contributed by atoms with Gasteiger partial charge in [-0.3, -0.25) is 19.3 Å². The number of rotatable bonds is 8. The summed E-state index contributed by atoms with van der Waals surface area (Å²) < 4.78 is 16.6. The third-order valence-electron chi connectivity index (χ3n) is 3.42. The van der Waals surface area contributed by atoms with E-state index in [0.29, 0.717) is 11.3 Å². The molecule has 0 aromatic heterocycles. The highest BCUT2D eigenvalue weighted by Gasteiger charge is 2.36. The van der Waals surface area contributed by atoms with Gasteiger partial charge in [-0.2, -0.15) is 0 Å². The van der Waals surface area contributed by atoms with Gasteiger partial charge in [0, 0.05) is 0 Å². The van der Waals surface area contributed by atoms with Crippen molar-refractivity contribution >= 4 is 86.1 Å². The van der Waals surface area contributed by atoms with E-state index < -0.39 is 29.6 Å². The first-order chi connectivity index (χ1) is 13.8. The van der Waals surface area contributed by atoms with E-state index in [2.05, 4.69) is 45.2 Å². The Bertz CT molecular complexity index is 849. The number of thioether (sulfide) groups is 1. The number of carbonyl (C=O) groups is 4. The molecule has 0 N–H and O–H groups in total. The summed E-state index contributed by atoms with van der Waals surface area (Å²) in [4.78, 5) is 48.7. The summed E-state index contributed by atoms with van der Waals surface area (Å²) in [5.41, 5.74) is 0.684. The van der Waals surface area contributed by atoms with E-state index in [1.807, 2.05) is 0 Å². The minimum atomic E-state index is -0.636. The minimum Gasteiger partial charge on any atom is -0.480 e. The Morgan fingerprint density at radius 3 is 2.24 bits per heavy atom. The van der Waals surface area contributed by atoms with E-state index >= 15 is 0 Å². The quantitative estimate of drug-likeness (QED) is 0.241. The van der Waals surface area contributed by atoms with E-state index in [0.717, 1.165) is 23.8 Å². The first-order valence-electron chi connectivity index (χ1n) is 8.45. The van der Waals surface area contributed by atoms with Gasteiger partial charge in [-0.25, -0.2) is 4.79 Å². The lowest BCUT2D eigenvalue weighted by Gasteiger charge is -2.11. The topological polar surface area (TPSA) is 99.2 Å². The van der Waals surface area contributed by atoms with Crippen LogP contribution in [0.1, 0.15) is 19.4 Å². The van der Waals surface area contributed by atoms with E-state index in [9.17, 15) is 19.2 Å². The number of esters is 2. The highest BCUT2D eigenvalue weighted by molar-refractivity contribution is 14.1. The van der Waals surface area contributed by atoms with Crippen molar-refractivity contribution < 1.29 is 33.4 Å². The van der Waals surface area contributed by atoms with Gasteiger partial charge in [-0.15, -0.1) is 0 Å². The molecule has 2 amide bonds. The smallest absolute Gasteiger partial charge is 0.344 e. The number of amides is 2. The van der Waals surface area contributed by atoms with Gasteiger partial charge in [-0.05, 0) is 94.6 Å². The molecular weight excluding hydrogens is 628 g/mol. The molecule has 0 radical (unpaired) electrons. The van der Waals surface area contributed by atoms with E-state index in [-0.39, 0.29) is 24.7 Å². The molecular formula is C18H17I2NO7S. The lowest BCUT2D eigenvalue weighted by molar-refractivity contribution is -0.146. The van der Waals surface area contributed by atoms with Gasteiger partial charge < -0.3 is 14.2 Å². The van der Waals surface area contributed by atoms with Crippen LogP contribution < -0.4 is 4.74 Å². The van der Waals surface area contributed by atoms with E-state index in [1.165, 1.54) is 0 Å². The molecule has 0 saturated carbocycles. The molecule has 11 heteroatoms. The highest BCUT2D eigenvalue weighted by Crippen LogP contribution is 2.34. The fraction of sp³-hybridized carbons (Fsp3) is 0.333. The second-order valence-corrected chi connectivity index (χ2v) is 8.80. The van der Waals surface area contributed by atoms with Crippen LogP contribution in [0, 0.1) is 7.14 Å². The van der Waals surface area contributed by atoms with Crippen molar-refractivity contribution in [2.75, 3.05) is 26.4 Å². The third kappa shape index (κ3) is 6.57. The van der Waals surface area contributed by atoms with Crippen molar-refractivity contribution in [2.24, 2.45) is 0 Å². The van der Waals surface area contributed by atoms with Crippen molar-refractivity contribution in [2.45, 2.75) is 13.8 Å². The van der Waals surface area contributed by atoms with Crippen LogP contribution in [0.2, 0.25) is 0 Å². The summed E-state index contributed by atoms with van der Waals surface area (Å²) >= 11 is 4.89. The molecule has 1 aromatic carbocycles. The van der Waals surface area contributed by atoms with Crippen molar-refractivity contribution in [3.8, 4) is 5.75 Å². The molecule has 1 fully saturated rings. The number of imide groups is 1. The van der Waals surface area contributed by atoms with Crippen molar-refractivity contribution in [3.63, 3.8) is 0 Å². The Labute approximate surface area is 199 Å². The molecule has 8 nitrogen and oxygen atoms in total. The van der Waals surface area contributed by atoms with Crippen LogP contribution in [-0.2, 0) is 23.9 Å². The standard InChI is InChI=1S/C18H17I2NO7S/c1-3-26-14(22)8-21-17(24)13(29-18(21)25)7-10-5-11(19)16(12(20)6-10)28-9-15(23)27-4-2/h5-7H,3-4,8-9H2,1-2H3/b13-7+. The number of hydrogen-bond acceptors (Lipinski definition) is 8. The zero-order valence-electron chi connectivity index (χ0n) is 15.5. The Hall–Kier alpha value is -1.35. The number of carbonyl (C=O) groups excluding carboxylic acids is 4. The van der Waals surface area contributed by atoms with Gasteiger partial charge in [0.15, 0.2) is 6.61 Å². The maximum Gasteiger partial charge on any atom is 0.344 e. The molecule has 29 heavy (non-hydrogen) atoms. The van der Waals surface area contributed by atoms with Crippen LogP contribution in [0.3, 0.4) is 0 Å². The largest absolute Gasteiger partial charge is 0.480 e. The fourth-order valence-corrected chi connectivity index (χ4v) is 5.22. The SMILES string of the molecule is CCOC(=O)COc1c(I)cc(/C=C2/SC(=O)N(CC(=O)OCC)C2=O)cc1I. The first kappa shape index (κ1) is 23.9. The second-order valence-electron chi connectivity index (χ2n) is 5.48. The van der Waals surface area contributed by atoms with Crippen LogP contribution in [0.5, 0.6) is 5.75 Å². The monoisotopic (exact) mass is 645 g/mol. The molecule has 1 heterocycles. The van der Waals surface area contributed by atoms with Crippen LogP contribution >= 0.6 is 56.9 Å². The molecule has 0 unspecified atom stereocenters. The first-order valence-corrected chi connectivity index (χ1v) is 11.4.